The second-order valence-electron chi connectivity index (χ2n) is 2.82. The third kappa shape index (κ3) is 2.74. The summed E-state index contributed by atoms with van der Waals surface area (Å²) < 4.78 is 14.1. The number of ether oxygens (including phenoxy) is 2. The van der Waals surface area contributed by atoms with E-state index in [0.29, 0.717) is 10.0 Å². The molecule has 0 aliphatic rings. The number of benzene rings is 1. The van der Waals surface area contributed by atoms with Crippen LogP contribution in [0.3, 0.4) is 0 Å². The molecule has 0 unspecified atom stereocenters. The first-order valence-electron chi connectivity index (χ1n) is 4.31. The van der Waals surface area contributed by atoms with Crippen molar-refractivity contribution in [1.82, 2.24) is 9.36 Å². The minimum Gasteiger partial charge on any atom is -0.466 e. The average molecular weight is 312 g/mol. The van der Waals surface area contributed by atoms with Crippen molar-refractivity contribution in [2.24, 2.45) is 0 Å². The zero-order valence-corrected chi connectivity index (χ0v) is 11.5. The first-order chi connectivity index (χ1) is 8.11. The Hall–Kier alpha value is -0.750. The summed E-state index contributed by atoms with van der Waals surface area (Å²) in [5.74, 6) is 0.250. The Morgan fingerprint density at radius 2 is 1.88 bits per heavy atom. The van der Waals surface area contributed by atoms with Crippen molar-refractivity contribution < 1.29 is 9.47 Å². The van der Waals surface area contributed by atoms with Crippen LogP contribution < -0.4 is 9.47 Å². The molecule has 2 rings (SSSR count). The van der Waals surface area contributed by atoms with E-state index in [2.05, 4.69) is 9.36 Å². The lowest BCUT2D eigenvalue weighted by molar-refractivity contribution is 0.378. The van der Waals surface area contributed by atoms with Crippen molar-refractivity contribution in [1.29, 1.82) is 0 Å². The average Bonchev–Trinajstić information content (AvgIpc) is 2.77. The fourth-order valence-electron chi connectivity index (χ4n) is 1.01. The topological polar surface area (TPSA) is 44.2 Å². The molecule has 0 fully saturated rings. The molecular weight excluding hydrogens is 307 g/mol. The summed E-state index contributed by atoms with van der Waals surface area (Å²) >= 11 is 18.8. The molecule has 1 aromatic carbocycles. The van der Waals surface area contributed by atoms with Gasteiger partial charge in [-0.2, -0.15) is 0 Å². The Morgan fingerprint density at radius 1 is 1.18 bits per heavy atom. The van der Waals surface area contributed by atoms with Gasteiger partial charge in [0.15, 0.2) is 5.75 Å². The number of aromatic nitrogens is 2. The highest BCUT2D eigenvalue weighted by Gasteiger charge is 2.14. The molecule has 4 nitrogen and oxygen atoms in total. The van der Waals surface area contributed by atoms with Crippen LogP contribution in [-0.4, -0.2) is 16.5 Å². The lowest BCUT2D eigenvalue weighted by Crippen LogP contribution is -1.88. The van der Waals surface area contributed by atoms with Gasteiger partial charge in [0.05, 0.1) is 17.2 Å². The molecule has 1 aromatic heterocycles. The third-order valence-corrected chi connectivity index (χ3v) is 3.43. The molecule has 0 saturated carbocycles. The Kier molecular flexibility index (Phi) is 3.93. The van der Waals surface area contributed by atoms with E-state index < -0.39 is 0 Å². The predicted molar refractivity (Wildman–Crippen MR) is 68.0 cm³/mol. The maximum Gasteiger partial charge on any atom is 0.331 e. The van der Waals surface area contributed by atoms with Gasteiger partial charge >= 0.3 is 11.2 Å². The monoisotopic (exact) mass is 310 g/mol. The molecule has 0 bridgehead atoms. The molecule has 0 aliphatic carbocycles. The van der Waals surface area contributed by atoms with Crippen LogP contribution in [0.25, 0.3) is 0 Å². The molecule has 90 valence electrons. The van der Waals surface area contributed by atoms with Crippen LogP contribution in [0.15, 0.2) is 12.1 Å². The van der Waals surface area contributed by atoms with Crippen LogP contribution in [0.4, 0.5) is 0 Å². The summed E-state index contributed by atoms with van der Waals surface area (Å²) in [6.45, 7) is 0. The number of halogens is 3. The van der Waals surface area contributed by atoms with Gasteiger partial charge in [0.1, 0.15) is 5.02 Å². The zero-order valence-electron chi connectivity index (χ0n) is 8.41. The second-order valence-corrected chi connectivity index (χ2v) is 4.73. The van der Waals surface area contributed by atoms with Gasteiger partial charge in [-0.25, -0.2) is 0 Å². The molecule has 0 atom stereocenters. The van der Waals surface area contributed by atoms with E-state index in [1.54, 1.807) is 12.1 Å². The van der Waals surface area contributed by atoms with Gasteiger partial charge in [-0.15, -0.1) is 9.36 Å². The largest absolute Gasteiger partial charge is 0.466 e. The normalized spacial score (nSPS) is 10.4. The van der Waals surface area contributed by atoms with E-state index in [1.807, 2.05) is 0 Å². The quantitative estimate of drug-likeness (QED) is 0.793. The zero-order chi connectivity index (χ0) is 12.4. The van der Waals surface area contributed by atoms with Gasteiger partial charge in [0.2, 0.25) is 0 Å². The van der Waals surface area contributed by atoms with Gasteiger partial charge in [0, 0.05) is 11.5 Å². The highest BCUT2D eigenvalue weighted by molar-refractivity contribution is 7.07. The van der Waals surface area contributed by atoms with Crippen molar-refractivity contribution in [3.05, 3.63) is 27.2 Å². The summed E-state index contributed by atoms with van der Waals surface area (Å²) in [6.07, 6.45) is 0. The Labute approximate surface area is 116 Å². The molecule has 1 heterocycles. The van der Waals surface area contributed by atoms with Crippen molar-refractivity contribution in [3.63, 3.8) is 0 Å². The van der Waals surface area contributed by atoms with Gasteiger partial charge in [-0.1, -0.05) is 34.8 Å². The summed E-state index contributed by atoms with van der Waals surface area (Å²) in [6, 6.07) is 3.39. The predicted octanol–water partition coefficient (Wildman–Crippen LogP) is 4.30. The minimum absolute atomic E-state index is 0.222. The van der Waals surface area contributed by atoms with E-state index in [-0.39, 0.29) is 22.0 Å². The maximum absolute atomic E-state index is 5.97. The summed E-state index contributed by atoms with van der Waals surface area (Å²) in [4.78, 5) is 3.94. The minimum atomic E-state index is 0.222. The smallest absolute Gasteiger partial charge is 0.331 e. The van der Waals surface area contributed by atoms with E-state index in [1.165, 1.54) is 7.11 Å². The van der Waals surface area contributed by atoms with Crippen LogP contribution in [0, 0.1) is 0 Å². The van der Waals surface area contributed by atoms with Gasteiger partial charge in [0.25, 0.3) is 0 Å². The van der Waals surface area contributed by atoms with Crippen molar-refractivity contribution in [2.75, 3.05) is 7.11 Å². The van der Waals surface area contributed by atoms with Crippen LogP contribution in [0.1, 0.15) is 0 Å². The SMILES string of the molecule is COc1nsc(Oc2c(Cl)ccc(Cl)c2Cl)n1. The lowest BCUT2D eigenvalue weighted by atomic mass is 10.3. The molecule has 17 heavy (non-hydrogen) atoms. The summed E-state index contributed by atoms with van der Waals surface area (Å²) in [7, 11) is 1.46. The highest BCUT2D eigenvalue weighted by Crippen LogP contribution is 2.40. The first-order valence-corrected chi connectivity index (χ1v) is 6.21. The number of hydrogen-bond acceptors (Lipinski definition) is 5. The molecule has 2 aromatic rings. The van der Waals surface area contributed by atoms with Crippen molar-refractivity contribution in [3.8, 4) is 17.0 Å². The molecule has 0 radical (unpaired) electrons. The van der Waals surface area contributed by atoms with Crippen LogP contribution in [0.2, 0.25) is 15.1 Å². The molecule has 0 spiro atoms. The lowest BCUT2D eigenvalue weighted by Gasteiger charge is -2.06. The highest BCUT2D eigenvalue weighted by atomic mass is 35.5. The summed E-state index contributed by atoms with van der Waals surface area (Å²) in [5.41, 5.74) is 0. The molecule has 0 saturated heterocycles. The number of methoxy groups -OCH3 is 1. The summed E-state index contributed by atoms with van der Waals surface area (Å²) in [5, 5.41) is 1.19. The number of nitrogens with zero attached hydrogens (tertiary/aromatic N) is 2. The molecular formula is C9H5Cl3N2O2S. The molecule has 8 heteroatoms. The van der Waals surface area contributed by atoms with Crippen molar-refractivity contribution >= 4 is 46.3 Å². The van der Waals surface area contributed by atoms with Crippen LogP contribution in [0.5, 0.6) is 17.0 Å². The van der Waals surface area contributed by atoms with Gasteiger partial charge < -0.3 is 9.47 Å². The standard InChI is InChI=1S/C9H5Cl3N2O2S/c1-15-8-13-9(17-14-8)16-7-5(11)3-2-4(10)6(7)12/h2-3H,1H3. The van der Waals surface area contributed by atoms with Crippen LogP contribution >= 0.6 is 46.3 Å². The van der Waals surface area contributed by atoms with Gasteiger partial charge in [-0.3, -0.25) is 0 Å². The van der Waals surface area contributed by atoms with E-state index >= 15 is 0 Å². The first kappa shape index (κ1) is 12.7. The fourth-order valence-corrected chi connectivity index (χ4v) is 2.12. The Balaban J connectivity index is 2.32. The fraction of sp³-hybridized carbons (Fsp3) is 0.111. The maximum atomic E-state index is 5.97. The van der Waals surface area contributed by atoms with Crippen LogP contribution in [-0.2, 0) is 0 Å². The second kappa shape index (κ2) is 5.27. The van der Waals surface area contributed by atoms with E-state index in [0.717, 1.165) is 11.5 Å². The van der Waals surface area contributed by atoms with E-state index in [9.17, 15) is 0 Å². The molecule has 0 N–H and O–H groups in total. The third-order valence-electron chi connectivity index (χ3n) is 1.76. The molecule has 0 aliphatic heterocycles. The molecule has 0 amide bonds. The van der Waals surface area contributed by atoms with Crippen molar-refractivity contribution in [2.45, 2.75) is 0 Å². The number of rotatable bonds is 3. The Morgan fingerprint density at radius 3 is 2.53 bits per heavy atom. The Bertz CT molecular complexity index is 547. The van der Waals surface area contributed by atoms with Gasteiger partial charge in [-0.05, 0) is 12.1 Å². The number of hydrogen-bond donors (Lipinski definition) is 0. The van der Waals surface area contributed by atoms with E-state index in [4.69, 9.17) is 44.3 Å².